The van der Waals surface area contributed by atoms with E-state index >= 15 is 0 Å². The molecule has 21 heavy (non-hydrogen) atoms. The first kappa shape index (κ1) is 15.6. The van der Waals surface area contributed by atoms with Gasteiger partial charge in [0.1, 0.15) is 13.2 Å². The van der Waals surface area contributed by atoms with Crippen molar-refractivity contribution < 1.29 is 24.1 Å². The van der Waals surface area contributed by atoms with Crippen molar-refractivity contribution in [3.05, 3.63) is 23.8 Å². The molecule has 0 saturated carbocycles. The Morgan fingerprint density at radius 1 is 1.38 bits per heavy atom. The highest BCUT2D eigenvalue weighted by atomic mass is 16.6. The van der Waals surface area contributed by atoms with Crippen molar-refractivity contribution in [2.45, 2.75) is 19.4 Å². The number of hydrogen-bond acceptors (Lipinski definition) is 6. The number of aliphatic hydroxyl groups excluding tert-OH is 1. The smallest absolute Gasteiger partial charge is 0.307 e. The molecule has 0 aromatic heterocycles. The number of benzene rings is 1. The zero-order valence-corrected chi connectivity index (χ0v) is 12.1. The lowest BCUT2D eigenvalue weighted by Crippen LogP contribution is -2.25. The van der Waals surface area contributed by atoms with E-state index in [1.54, 1.807) is 19.1 Å². The fourth-order valence-corrected chi connectivity index (χ4v) is 2.05. The van der Waals surface area contributed by atoms with Crippen molar-refractivity contribution in [3.8, 4) is 11.5 Å². The molecule has 0 fully saturated rings. The maximum atomic E-state index is 11.2. The molecule has 6 heteroatoms. The fourth-order valence-electron chi connectivity index (χ4n) is 2.05. The average molecular weight is 295 g/mol. The summed E-state index contributed by atoms with van der Waals surface area (Å²) in [6.45, 7) is 4.06. The molecule has 116 valence electrons. The molecule has 0 saturated heterocycles. The number of rotatable bonds is 7. The van der Waals surface area contributed by atoms with E-state index in [0.29, 0.717) is 50.8 Å². The molecule has 1 atom stereocenters. The largest absolute Gasteiger partial charge is 0.486 e. The SMILES string of the molecule is CCOC(=O)CCNCC(O)c1ccc2c(c1)OCCO2. The summed E-state index contributed by atoms with van der Waals surface area (Å²) in [5.41, 5.74) is 0.753. The van der Waals surface area contributed by atoms with Gasteiger partial charge >= 0.3 is 5.97 Å². The maximum absolute atomic E-state index is 11.2. The molecule has 2 rings (SSSR count). The fraction of sp³-hybridized carbons (Fsp3) is 0.533. The van der Waals surface area contributed by atoms with E-state index in [2.05, 4.69) is 5.32 Å². The van der Waals surface area contributed by atoms with Gasteiger partial charge in [-0.15, -0.1) is 0 Å². The first-order valence-corrected chi connectivity index (χ1v) is 7.14. The molecule has 1 aliphatic rings. The number of hydrogen-bond donors (Lipinski definition) is 2. The third-order valence-corrected chi connectivity index (χ3v) is 3.10. The number of carbonyl (C=O) groups excluding carboxylic acids is 1. The highest BCUT2D eigenvalue weighted by Gasteiger charge is 2.15. The van der Waals surface area contributed by atoms with Crippen LogP contribution in [0.15, 0.2) is 18.2 Å². The molecule has 2 N–H and O–H groups in total. The molecule has 0 amide bonds. The van der Waals surface area contributed by atoms with Crippen LogP contribution in [0.3, 0.4) is 0 Å². The molecular weight excluding hydrogens is 274 g/mol. The molecule has 0 spiro atoms. The van der Waals surface area contributed by atoms with E-state index < -0.39 is 6.10 Å². The van der Waals surface area contributed by atoms with E-state index in [0.717, 1.165) is 5.56 Å². The van der Waals surface area contributed by atoms with Crippen LogP contribution in [0.1, 0.15) is 25.0 Å². The van der Waals surface area contributed by atoms with Crippen LogP contribution in [0.25, 0.3) is 0 Å². The predicted molar refractivity (Wildman–Crippen MR) is 76.5 cm³/mol. The van der Waals surface area contributed by atoms with E-state index in [9.17, 15) is 9.90 Å². The minimum Gasteiger partial charge on any atom is -0.486 e. The molecule has 1 aromatic carbocycles. The van der Waals surface area contributed by atoms with E-state index in [4.69, 9.17) is 14.2 Å². The summed E-state index contributed by atoms with van der Waals surface area (Å²) in [6.07, 6.45) is -0.371. The number of aliphatic hydroxyl groups is 1. The first-order valence-electron chi connectivity index (χ1n) is 7.14. The van der Waals surface area contributed by atoms with Crippen LogP contribution in [-0.4, -0.2) is 44.0 Å². The second-order valence-corrected chi connectivity index (χ2v) is 4.68. The highest BCUT2D eigenvalue weighted by Crippen LogP contribution is 2.32. The first-order chi connectivity index (χ1) is 10.2. The van der Waals surface area contributed by atoms with Crippen molar-refractivity contribution in [1.82, 2.24) is 5.32 Å². The van der Waals surface area contributed by atoms with Gasteiger partial charge < -0.3 is 24.6 Å². The van der Waals surface area contributed by atoms with Crippen molar-refractivity contribution >= 4 is 5.97 Å². The Balaban J connectivity index is 1.78. The quantitative estimate of drug-likeness (QED) is 0.578. The summed E-state index contributed by atoms with van der Waals surface area (Å²) in [4.78, 5) is 11.2. The van der Waals surface area contributed by atoms with Gasteiger partial charge in [-0.2, -0.15) is 0 Å². The minimum atomic E-state index is -0.664. The Kier molecular flexibility index (Phi) is 5.83. The molecule has 1 aromatic rings. The molecular formula is C15H21NO5. The summed E-state index contributed by atoms with van der Waals surface area (Å²) >= 11 is 0. The summed E-state index contributed by atoms with van der Waals surface area (Å²) in [6, 6.07) is 5.39. The van der Waals surface area contributed by atoms with E-state index in [1.807, 2.05) is 6.07 Å². The van der Waals surface area contributed by atoms with Gasteiger partial charge in [0.2, 0.25) is 0 Å². The Morgan fingerprint density at radius 3 is 2.90 bits per heavy atom. The van der Waals surface area contributed by atoms with Crippen molar-refractivity contribution in [3.63, 3.8) is 0 Å². The van der Waals surface area contributed by atoms with Gasteiger partial charge in [0.15, 0.2) is 11.5 Å². The Morgan fingerprint density at radius 2 is 2.14 bits per heavy atom. The van der Waals surface area contributed by atoms with Crippen molar-refractivity contribution in [1.29, 1.82) is 0 Å². The number of carbonyl (C=O) groups is 1. The van der Waals surface area contributed by atoms with Gasteiger partial charge in [0, 0.05) is 13.1 Å². The van der Waals surface area contributed by atoms with Crippen LogP contribution in [0.5, 0.6) is 11.5 Å². The Bertz CT molecular complexity index is 477. The zero-order chi connectivity index (χ0) is 15.1. The molecule has 6 nitrogen and oxygen atoms in total. The average Bonchev–Trinajstić information content (AvgIpc) is 2.51. The van der Waals surface area contributed by atoms with E-state index in [-0.39, 0.29) is 5.97 Å². The topological polar surface area (TPSA) is 77.0 Å². The summed E-state index contributed by atoms with van der Waals surface area (Å²) in [7, 11) is 0. The van der Waals surface area contributed by atoms with Gasteiger partial charge in [-0.1, -0.05) is 6.07 Å². The number of esters is 1. The third-order valence-electron chi connectivity index (χ3n) is 3.10. The monoisotopic (exact) mass is 295 g/mol. The number of nitrogens with one attached hydrogen (secondary N) is 1. The molecule has 0 aliphatic carbocycles. The number of ether oxygens (including phenoxy) is 3. The normalized spacial score (nSPS) is 14.6. The second-order valence-electron chi connectivity index (χ2n) is 4.68. The lowest BCUT2D eigenvalue weighted by molar-refractivity contribution is -0.143. The molecule has 0 bridgehead atoms. The molecule has 1 aliphatic heterocycles. The second kappa shape index (κ2) is 7.85. The maximum Gasteiger partial charge on any atom is 0.307 e. The molecule has 1 unspecified atom stereocenters. The van der Waals surface area contributed by atoms with Crippen LogP contribution < -0.4 is 14.8 Å². The lowest BCUT2D eigenvalue weighted by Gasteiger charge is -2.20. The van der Waals surface area contributed by atoms with Gasteiger partial charge in [-0.3, -0.25) is 4.79 Å². The summed E-state index contributed by atoms with van der Waals surface area (Å²) in [5.74, 6) is 1.12. The predicted octanol–water partition coefficient (Wildman–Crippen LogP) is 1.03. The molecule has 0 radical (unpaired) electrons. The van der Waals surface area contributed by atoms with E-state index in [1.165, 1.54) is 0 Å². The van der Waals surface area contributed by atoms with Crippen LogP contribution in [-0.2, 0) is 9.53 Å². The summed E-state index contributed by atoms with van der Waals surface area (Å²) < 4.78 is 15.7. The van der Waals surface area contributed by atoms with Gasteiger partial charge in [-0.25, -0.2) is 0 Å². The highest BCUT2D eigenvalue weighted by molar-refractivity contribution is 5.69. The number of fused-ring (bicyclic) bond motifs is 1. The Labute approximate surface area is 124 Å². The summed E-state index contributed by atoms with van der Waals surface area (Å²) in [5, 5.41) is 13.1. The third kappa shape index (κ3) is 4.61. The van der Waals surface area contributed by atoms with Gasteiger partial charge in [0.25, 0.3) is 0 Å². The lowest BCUT2D eigenvalue weighted by atomic mass is 10.1. The van der Waals surface area contributed by atoms with Crippen LogP contribution in [0, 0.1) is 0 Å². The van der Waals surface area contributed by atoms with Gasteiger partial charge in [-0.05, 0) is 24.6 Å². The Hall–Kier alpha value is -1.79. The van der Waals surface area contributed by atoms with Gasteiger partial charge in [0.05, 0.1) is 19.1 Å². The van der Waals surface area contributed by atoms with Crippen molar-refractivity contribution in [2.75, 3.05) is 32.9 Å². The standard InChI is InChI=1S/C15H21NO5/c1-2-19-15(18)5-6-16-10-12(17)11-3-4-13-14(9-11)21-8-7-20-13/h3-4,9,12,16-17H,2,5-8,10H2,1H3. The molecule has 1 heterocycles. The van der Waals surface area contributed by atoms with Crippen molar-refractivity contribution in [2.24, 2.45) is 0 Å². The minimum absolute atomic E-state index is 0.237. The van der Waals surface area contributed by atoms with Crippen LogP contribution in [0.4, 0.5) is 0 Å². The zero-order valence-electron chi connectivity index (χ0n) is 12.1. The van der Waals surface area contributed by atoms with Crippen LogP contribution >= 0.6 is 0 Å². The van der Waals surface area contributed by atoms with Crippen LogP contribution in [0.2, 0.25) is 0 Å².